The Bertz CT molecular complexity index is 900. The monoisotopic (exact) mass is 351 g/mol. The van der Waals surface area contributed by atoms with Crippen LogP contribution in [0.5, 0.6) is 17.5 Å². The molecule has 0 unspecified atom stereocenters. The zero-order valence-electron chi connectivity index (χ0n) is 14.3. The molecule has 3 rings (SSSR count). The number of pyridine rings is 2. The maximum Gasteiger partial charge on any atom is 0.418 e. The van der Waals surface area contributed by atoms with Gasteiger partial charge in [-0.1, -0.05) is 18.2 Å². The first kappa shape index (κ1) is 17.2. The number of nitrogens with one attached hydrogen (secondary N) is 1. The number of ether oxygens (including phenoxy) is 3. The number of carbonyl (C=O) groups excluding carboxylic acids is 1. The molecule has 3 aromatic rings. The zero-order chi connectivity index (χ0) is 18.4. The molecule has 0 aliphatic rings. The number of hydrogen-bond donors (Lipinski definition) is 1. The summed E-state index contributed by atoms with van der Waals surface area (Å²) in [6.45, 7) is 0. The Labute approximate surface area is 150 Å². The van der Waals surface area contributed by atoms with Crippen molar-refractivity contribution in [2.75, 3.05) is 19.5 Å². The molecule has 0 spiro atoms. The molecule has 0 radical (unpaired) electrons. The number of para-hydroxylation sites is 1. The maximum absolute atomic E-state index is 12.2. The molecule has 0 saturated carbocycles. The number of nitrogens with zero attached hydrogens (tertiary/aromatic N) is 2. The molecule has 0 saturated heterocycles. The molecule has 0 aliphatic heterocycles. The molecule has 0 fully saturated rings. The van der Waals surface area contributed by atoms with Crippen LogP contribution in [0.2, 0.25) is 0 Å². The summed E-state index contributed by atoms with van der Waals surface area (Å²) in [5, 5.41) is 2.66. The fourth-order valence-electron chi connectivity index (χ4n) is 2.29. The molecule has 0 bridgehead atoms. The van der Waals surface area contributed by atoms with E-state index in [2.05, 4.69) is 15.3 Å². The normalized spacial score (nSPS) is 10.1. The molecular formula is C19H17N3O4. The lowest BCUT2D eigenvalue weighted by Crippen LogP contribution is -2.18. The van der Waals surface area contributed by atoms with Gasteiger partial charge in [0.15, 0.2) is 0 Å². The number of amides is 1. The van der Waals surface area contributed by atoms with E-state index in [1.807, 2.05) is 6.07 Å². The van der Waals surface area contributed by atoms with Gasteiger partial charge in [0.05, 0.1) is 14.2 Å². The molecule has 0 aliphatic carbocycles. The highest BCUT2D eigenvalue weighted by molar-refractivity contribution is 5.91. The van der Waals surface area contributed by atoms with Gasteiger partial charge in [0.25, 0.3) is 0 Å². The first-order valence-corrected chi connectivity index (χ1v) is 7.79. The van der Waals surface area contributed by atoms with Crippen LogP contribution >= 0.6 is 0 Å². The van der Waals surface area contributed by atoms with E-state index >= 15 is 0 Å². The first-order valence-electron chi connectivity index (χ1n) is 7.79. The smallest absolute Gasteiger partial charge is 0.418 e. The standard InChI is InChI=1S/C19H17N3O4/c1-24-16-9-8-15(13-10-11-20-17(12-13)25-2)18(21-16)22-19(23)26-14-6-4-3-5-7-14/h3-12H,1-2H3,(H,21,22,23). The second kappa shape index (κ2) is 7.98. The molecule has 1 aromatic carbocycles. The number of methoxy groups -OCH3 is 2. The average Bonchev–Trinajstić information content (AvgIpc) is 2.68. The molecule has 7 heteroatoms. The van der Waals surface area contributed by atoms with Crippen LogP contribution in [-0.2, 0) is 0 Å². The summed E-state index contributed by atoms with van der Waals surface area (Å²) in [5.74, 6) is 1.56. The lowest BCUT2D eigenvalue weighted by Gasteiger charge is -2.12. The van der Waals surface area contributed by atoms with Crippen LogP contribution in [0.4, 0.5) is 10.6 Å². The van der Waals surface area contributed by atoms with E-state index in [0.29, 0.717) is 28.9 Å². The molecule has 2 aromatic heterocycles. The molecule has 1 N–H and O–H groups in total. The van der Waals surface area contributed by atoms with E-state index < -0.39 is 6.09 Å². The molecule has 1 amide bonds. The van der Waals surface area contributed by atoms with Crippen molar-refractivity contribution in [2.45, 2.75) is 0 Å². The van der Waals surface area contributed by atoms with Crippen molar-refractivity contribution in [3.63, 3.8) is 0 Å². The number of benzene rings is 1. The molecular weight excluding hydrogens is 334 g/mol. The Kier molecular flexibility index (Phi) is 5.28. The van der Waals surface area contributed by atoms with Crippen LogP contribution in [-0.4, -0.2) is 30.3 Å². The van der Waals surface area contributed by atoms with Crippen molar-refractivity contribution in [1.82, 2.24) is 9.97 Å². The Balaban J connectivity index is 1.90. The second-order valence-electron chi connectivity index (χ2n) is 5.16. The summed E-state index contributed by atoms with van der Waals surface area (Å²) in [7, 11) is 3.04. The van der Waals surface area contributed by atoms with Crippen LogP contribution < -0.4 is 19.5 Å². The molecule has 132 valence electrons. The summed E-state index contributed by atoms with van der Waals surface area (Å²) >= 11 is 0. The maximum atomic E-state index is 12.2. The van der Waals surface area contributed by atoms with Gasteiger partial charge < -0.3 is 14.2 Å². The summed E-state index contributed by atoms with van der Waals surface area (Å²) in [5.41, 5.74) is 1.46. The Morgan fingerprint density at radius 1 is 0.962 bits per heavy atom. The highest BCUT2D eigenvalue weighted by Gasteiger charge is 2.14. The SMILES string of the molecule is COc1cc(-c2ccc(OC)nc2NC(=O)Oc2ccccc2)ccn1. The summed E-state index contributed by atoms with van der Waals surface area (Å²) < 4.78 is 15.6. The highest BCUT2D eigenvalue weighted by atomic mass is 16.6. The summed E-state index contributed by atoms with van der Waals surface area (Å²) in [4.78, 5) is 20.6. The van der Waals surface area contributed by atoms with Gasteiger partial charge >= 0.3 is 6.09 Å². The van der Waals surface area contributed by atoms with Gasteiger partial charge in [0, 0.05) is 23.9 Å². The number of aromatic nitrogens is 2. The fraction of sp³-hybridized carbons (Fsp3) is 0.105. The Hall–Kier alpha value is -3.61. The third-order valence-electron chi connectivity index (χ3n) is 3.51. The van der Waals surface area contributed by atoms with Gasteiger partial charge in [-0.2, -0.15) is 4.98 Å². The quantitative estimate of drug-likeness (QED) is 0.753. The molecule has 7 nitrogen and oxygen atoms in total. The predicted molar refractivity (Wildman–Crippen MR) is 96.7 cm³/mol. The van der Waals surface area contributed by atoms with Crippen molar-refractivity contribution in [1.29, 1.82) is 0 Å². The predicted octanol–water partition coefficient (Wildman–Crippen LogP) is 3.77. The van der Waals surface area contributed by atoms with Gasteiger partial charge in [-0.05, 0) is 29.8 Å². The molecule has 26 heavy (non-hydrogen) atoms. The minimum atomic E-state index is -0.653. The van der Waals surface area contributed by atoms with E-state index in [0.717, 1.165) is 5.56 Å². The van der Waals surface area contributed by atoms with Crippen LogP contribution in [0.15, 0.2) is 60.8 Å². The van der Waals surface area contributed by atoms with E-state index in [-0.39, 0.29) is 0 Å². The van der Waals surface area contributed by atoms with Gasteiger partial charge in [-0.25, -0.2) is 9.78 Å². The van der Waals surface area contributed by atoms with Gasteiger partial charge in [-0.15, -0.1) is 0 Å². The minimum absolute atomic E-state index is 0.304. The number of rotatable bonds is 5. The zero-order valence-corrected chi connectivity index (χ0v) is 14.3. The first-order chi connectivity index (χ1) is 12.7. The third-order valence-corrected chi connectivity index (χ3v) is 3.51. The number of carbonyl (C=O) groups is 1. The Morgan fingerprint density at radius 3 is 2.46 bits per heavy atom. The number of hydrogen-bond acceptors (Lipinski definition) is 6. The van der Waals surface area contributed by atoms with Crippen molar-refractivity contribution in [3.05, 3.63) is 60.8 Å². The lowest BCUT2D eigenvalue weighted by molar-refractivity contribution is 0.215. The number of anilines is 1. The van der Waals surface area contributed by atoms with E-state index in [4.69, 9.17) is 14.2 Å². The average molecular weight is 351 g/mol. The highest BCUT2D eigenvalue weighted by Crippen LogP contribution is 2.30. The molecule has 0 atom stereocenters. The fourth-order valence-corrected chi connectivity index (χ4v) is 2.29. The van der Waals surface area contributed by atoms with Gasteiger partial charge in [-0.3, -0.25) is 5.32 Å². The van der Waals surface area contributed by atoms with Crippen LogP contribution in [0.1, 0.15) is 0 Å². The van der Waals surface area contributed by atoms with E-state index in [1.54, 1.807) is 54.7 Å². The van der Waals surface area contributed by atoms with Crippen LogP contribution in [0.25, 0.3) is 11.1 Å². The van der Waals surface area contributed by atoms with E-state index in [9.17, 15) is 4.79 Å². The Morgan fingerprint density at radius 2 is 1.73 bits per heavy atom. The second-order valence-corrected chi connectivity index (χ2v) is 5.16. The lowest BCUT2D eigenvalue weighted by atomic mass is 10.1. The van der Waals surface area contributed by atoms with Crippen molar-refractivity contribution in [3.8, 4) is 28.6 Å². The van der Waals surface area contributed by atoms with Gasteiger partial charge in [0.2, 0.25) is 11.8 Å². The van der Waals surface area contributed by atoms with Crippen LogP contribution in [0.3, 0.4) is 0 Å². The largest absolute Gasteiger partial charge is 0.481 e. The third kappa shape index (κ3) is 4.07. The summed E-state index contributed by atoms with van der Waals surface area (Å²) in [6, 6.07) is 15.8. The topological polar surface area (TPSA) is 82.6 Å². The van der Waals surface area contributed by atoms with E-state index in [1.165, 1.54) is 14.2 Å². The molecule has 2 heterocycles. The van der Waals surface area contributed by atoms with Crippen molar-refractivity contribution < 1.29 is 19.0 Å². The van der Waals surface area contributed by atoms with Crippen molar-refractivity contribution >= 4 is 11.9 Å². The van der Waals surface area contributed by atoms with Crippen LogP contribution in [0, 0.1) is 0 Å². The van der Waals surface area contributed by atoms with Crippen molar-refractivity contribution in [2.24, 2.45) is 0 Å². The summed E-state index contributed by atoms with van der Waals surface area (Å²) in [6.07, 6.45) is 0.962. The van der Waals surface area contributed by atoms with Gasteiger partial charge in [0.1, 0.15) is 11.6 Å². The minimum Gasteiger partial charge on any atom is -0.481 e.